The standard InChI is InChI=1S/C17H29N7/c1-6-18-17(19-9-14-7-8-23(4)12-14)20-11-16(22(2)3)15-10-21-24(5)13-15/h7-8,10,12-13,16H,6,9,11H2,1-5H3,(H2,18,19,20). The molecule has 7 heteroatoms. The minimum atomic E-state index is 0.235. The lowest BCUT2D eigenvalue weighted by Gasteiger charge is -2.24. The van der Waals surface area contributed by atoms with Crippen LogP contribution >= 0.6 is 0 Å². The molecule has 2 heterocycles. The van der Waals surface area contributed by atoms with Gasteiger partial charge in [0, 0.05) is 51.3 Å². The van der Waals surface area contributed by atoms with Crippen molar-refractivity contribution in [2.75, 3.05) is 27.2 Å². The Kier molecular flexibility index (Phi) is 6.43. The molecular weight excluding hydrogens is 302 g/mol. The van der Waals surface area contributed by atoms with E-state index >= 15 is 0 Å². The highest BCUT2D eigenvalue weighted by Crippen LogP contribution is 2.16. The van der Waals surface area contributed by atoms with Gasteiger partial charge in [0.15, 0.2) is 5.96 Å². The monoisotopic (exact) mass is 331 g/mol. The quantitative estimate of drug-likeness (QED) is 0.589. The van der Waals surface area contributed by atoms with Crippen LogP contribution in [-0.2, 0) is 20.6 Å². The van der Waals surface area contributed by atoms with E-state index in [1.54, 1.807) is 0 Å². The Morgan fingerprint density at radius 3 is 2.62 bits per heavy atom. The van der Waals surface area contributed by atoms with Gasteiger partial charge < -0.3 is 20.1 Å². The first kappa shape index (κ1) is 18.1. The first-order valence-electron chi connectivity index (χ1n) is 8.27. The number of hydrogen-bond acceptors (Lipinski definition) is 3. The molecule has 0 radical (unpaired) electrons. The number of rotatable bonds is 7. The summed E-state index contributed by atoms with van der Waals surface area (Å²) < 4.78 is 3.87. The van der Waals surface area contributed by atoms with Crippen LogP contribution in [0.5, 0.6) is 0 Å². The second-order valence-corrected chi connectivity index (χ2v) is 6.19. The van der Waals surface area contributed by atoms with E-state index in [0.29, 0.717) is 6.54 Å². The summed E-state index contributed by atoms with van der Waals surface area (Å²) in [7, 11) is 8.11. The van der Waals surface area contributed by atoms with Crippen molar-refractivity contribution in [2.24, 2.45) is 19.1 Å². The predicted octanol–water partition coefficient (Wildman–Crippen LogP) is 1.12. The Labute approximate surface area is 144 Å². The lowest BCUT2D eigenvalue weighted by Crippen LogP contribution is -2.41. The minimum absolute atomic E-state index is 0.235. The Bertz CT molecular complexity index is 653. The average Bonchev–Trinajstić information content (AvgIpc) is 3.13. The van der Waals surface area contributed by atoms with Crippen molar-refractivity contribution >= 4 is 5.96 Å². The first-order valence-corrected chi connectivity index (χ1v) is 8.27. The fourth-order valence-electron chi connectivity index (χ4n) is 2.57. The number of likely N-dealkylation sites (N-methyl/N-ethyl adjacent to an activating group) is 1. The van der Waals surface area contributed by atoms with Crippen LogP contribution in [0.1, 0.15) is 24.1 Å². The van der Waals surface area contributed by atoms with Crippen LogP contribution in [0, 0.1) is 0 Å². The molecule has 132 valence electrons. The van der Waals surface area contributed by atoms with E-state index in [4.69, 9.17) is 0 Å². The van der Waals surface area contributed by atoms with Gasteiger partial charge >= 0.3 is 0 Å². The van der Waals surface area contributed by atoms with Crippen LogP contribution in [0.4, 0.5) is 0 Å². The maximum atomic E-state index is 4.67. The molecule has 2 aromatic rings. The van der Waals surface area contributed by atoms with Gasteiger partial charge in [0.05, 0.1) is 18.8 Å². The van der Waals surface area contributed by atoms with Gasteiger partial charge in [0.1, 0.15) is 0 Å². The van der Waals surface area contributed by atoms with Gasteiger partial charge in [-0.1, -0.05) is 0 Å². The minimum Gasteiger partial charge on any atom is -0.357 e. The molecule has 0 aliphatic carbocycles. The van der Waals surface area contributed by atoms with E-state index in [0.717, 1.165) is 19.0 Å². The highest BCUT2D eigenvalue weighted by molar-refractivity contribution is 5.79. The summed E-state index contributed by atoms with van der Waals surface area (Å²) in [6, 6.07) is 2.32. The van der Waals surface area contributed by atoms with Crippen molar-refractivity contribution in [3.8, 4) is 0 Å². The lowest BCUT2D eigenvalue weighted by molar-refractivity contribution is 0.298. The predicted molar refractivity (Wildman–Crippen MR) is 97.9 cm³/mol. The molecular formula is C17H29N7. The van der Waals surface area contributed by atoms with Crippen LogP contribution in [0.15, 0.2) is 35.8 Å². The molecule has 0 aromatic carbocycles. The van der Waals surface area contributed by atoms with Gasteiger partial charge in [-0.15, -0.1) is 0 Å². The molecule has 0 saturated heterocycles. The summed E-state index contributed by atoms with van der Waals surface area (Å²) in [5, 5.41) is 11.0. The normalized spacial score (nSPS) is 13.3. The van der Waals surface area contributed by atoms with E-state index in [9.17, 15) is 0 Å². The zero-order chi connectivity index (χ0) is 17.5. The molecule has 2 aromatic heterocycles. The largest absolute Gasteiger partial charge is 0.357 e. The number of aryl methyl sites for hydroxylation is 2. The fraction of sp³-hybridized carbons (Fsp3) is 0.529. The third kappa shape index (κ3) is 5.13. The number of nitrogens with one attached hydrogen (secondary N) is 2. The topological polar surface area (TPSA) is 62.4 Å². The highest BCUT2D eigenvalue weighted by atomic mass is 15.3. The molecule has 2 rings (SSSR count). The molecule has 0 spiro atoms. The molecule has 0 saturated carbocycles. The third-order valence-corrected chi connectivity index (χ3v) is 3.85. The molecule has 0 fully saturated rings. The van der Waals surface area contributed by atoms with E-state index in [1.165, 1.54) is 11.1 Å². The molecule has 0 amide bonds. The van der Waals surface area contributed by atoms with Crippen molar-refractivity contribution in [3.05, 3.63) is 42.0 Å². The van der Waals surface area contributed by atoms with Crippen LogP contribution in [-0.4, -0.2) is 52.4 Å². The van der Waals surface area contributed by atoms with Crippen molar-refractivity contribution in [1.82, 2.24) is 29.9 Å². The van der Waals surface area contributed by atoms with Crippen molar-refractivity contribution in [2.45, 2.75) is 19.5 Å². The molecule has 0 aliphatic rings. The van der Waals surface area contributed by atoms with Crippen molar-refractivity contribution in [3.63, 3.8) is 0 Å². The van der Waals surface area contributed by atoms with Crippen molar-refractivity contribution in [1.29, 1.82) is 0 Å². The number of nitrogens with zero attached hydrogens (tertiary/aromatic N) is 5. The SMILES string of the molecule is CCNC(=NCc1ccn(C)c1)NCC(c1cnn(C)c1)N(C)C. The van der Waals surface area contributed by atoms with Crippen LogP contribution in [0.25, 0.3) is 0 Å². The molecule has 1 unspecified atom stereocenters. The summed E-state index contributed by atoms with van der Waals surface area (Å²) in [5.41, 5.74) is 2.39. The van der Waals surface area contributed by atoms with Gasteiger partial charge in [-0.3, -0.25) is 4.68 Å². The Morgan fingerprint density at radius 1 is 1.29 bits per heavy atom. The third-order valence-electron chi connectivity index (χ3n) is 3.85. The zero-order valence-corrected chi connectivity index (χ0v) is 15.3. The molecule has 2 N–H and O–H groups in total. The van der Waals surface area contributed by atoms with E-state index in [-0.39, 0.29) is 6.04 Å². The van der Waals surface area contributed by atoms with Crippen LogP contribution in [0.3, 0.4) is 0 Å². The van der Waals surface area contributed by atoms with Gasteiger partial charge in [0.25, 0.3) is 0 Å². The number of guanidine groups is 1. The van der Waals surface area contributed by atoms with Gasteiger partial charge in [-0.25, -0.2) is 4.99 Å². The number of aliphatic imine (C=N–C) groups is 1. The number of aromatic nitrogens is 3. The second-order valence-electron chi connectivity index (χ2n) is 6.19. The Morgan fingerprint density at radius 2 is 2.08 bits per heavy atom. The zero-order valence-electron chi connectivity index (χ0n) is 15.3. The smallest absolute Gasteiger partial charge is 0.191 e. The van der Waals surface area contributed by atoms with Crippen LogP contribution in [0.2, 0.25) is 0 Å². The molecule has 0 aliphatic heterocycles. The summed E-state index contributed by atoms with van der Waals surface area (Å²) in [5.74, 6) is 0.831. The molecule has 24 heavy (non-hydrogen) atoms. The van der Waals surface area contributed by atoms with E-state index in [2.05, 4.69) is 65.1 Å². The van der Waals surface area contributed by atoms with Crippen LogP contribution < -0.4 is 10.6 Å². The molecule has 1 atom stereocenters. The molecule has 7 nitrogen and oxygen atoms in total. The second kappa shape index (κ2) is 8.54. The highest BCUT2D eigenvalue weighted by Gasteiger charge is 2.16. The fourth-order valence-corrected chi connectivity index (χ4v) is 2.57. The summed E-state index contributed by atoms with van der Waals surface area (Å²) in [6.45, 7) is 4.33. The summed E-state index contributed by atoms with van der Waals surface area (Å²) in [4.78, 5) is 6.85. The lowest BCUT2D eigenvalue weighted by atomic mass is 10.1. The number of hydrogen-bond donors (Lipinski definition) is 2. The Balaban J connectivity index is 2.00. The van der Waals surface area contributed by atoms with Gasteiger partial charge in [-0.2, -0.15) is 5.10 Å². The van der Waals surface area contributed by atoms with E-state index < -0.39 is 0 Å². The van der Waals surface area contributed by atoms with Gasteiger partial charge in [0.2, 0.25) is 0 Å². The van der Waals surface area contributed by atoms with Crippen molar-refractivity contribution < 1.29 is 0 Å². The summed E-state index contributed by atoms with van der Waals surface area (Å²) in [6.07, 6.45) is 8.10. The van der Waals surface area contributed by atoms with E-state index in [1.807, 2.05) is 35.7 Å². The first-order chi connectivity index (χ1) is 11.5. The average molecular weight is 331 g/mol. The Hall–Kier alpha value is -2.28. The molecule has 0 bridgehead atoms. The maximum Gasteiger partial charge on any atom is 0.191 e. The summed E-state index contributed by atoms with van der Waals surface area (Å²) >= 11 is 0. The van der Waals surface area contributed by atoms with Gasteiger partial charge in [-0.05, 0) is 32.6 Å². The maximum absolute atomic E-state index is 4.67.